The lowest BCUT2D eigenvalue weighted by atomic mass is 9.79. The van der Waals surface area contributed by atoms with Gasteiger partial charge in [0.05, 0.1) is 36.4 Å². The summed E-state index contributed by atoms with van der Waals surface area (Å²) in [5.41, 5.74) is 9.80. The molecule has 8 N–H and O–H groups in total. The van der Waals surface area contributed by atoms with Gasteiger partial charge in [-0.1, -0.05) is 19.1 Å². The zero-order chi connectivity index (χ0) is 33.3. The lowest BCUT2D eigenvalue weighted by Gasteiger charge is -2.27. The summed E-state index contributed by atoms with van der Waals surface area (Å²) in [6.45, 7) is 3.26. The molecule has 0 aromatic heterocycles. The molecular formula is C26H42N2O12S3. The van der Waals surface area contributed by atoms with Crippen LogP contribution >= 0.6 is 35.7 Å². The molecule has 0 bridgehead atoms. The van der Waals surface area contributed by atoms with Crippen molar-refractivity contribution in [3.8, 4) is 0 Å². The Morgan fingerprint density at radius 2 is 1.21 bits per heavy atom. The topological polar surface area (TPSA) is 254 Å². The Kier molecular flexibility index (Phi) is 19.3. The number of carbonyl (C=O) groups is 6. The van der Waals surface area contributed by atoms with Crippen molar-refractivity contribution in [3.63, 3.8) is 0 Å². The number of thioether (sulfide) groups is 2. The van der Waals surface area contributed by atoms with Crippen molar-refractivity contribution >= 4 is 75.0 Å². The fourth-order valence-corrected chi connectivity index (χ4v) is 6.44. The van der Waals surface area contributed by atoms with Crippen molar-refractivity contribution in [2.24, 2.45) is 46.5 Å². The highest BCUT2D eigenvalue weighted by molar-refractivity contribution is 8.47. The van der Waals surface area contributed by atoms with Gasteiger partial charge >= 0.3 is 23.9 Å². The standard InChI is InChI=1S/C26H42N2O12S3/c1-14(23(37)39-6-4-29)8-15(21(33)34)9-17(19(27)31)12-42-25(41)43-13-18(20(28)32)10-16(22(35)36)11-26(2,3)24(38)40-7-5-30/h14-18,29-30H,4-13H2,1-3H3,(H2,27,31)(H2,28,32)(H,33,34)(H,35,36). The summed E-state index contributed by atoms with van der Waals surface area (Å²) in [5, 5.41) is 37.0. The molecule has 5 unspecified atom stereocenters. The molecule has 5 atom stereocenters. The number of primary amides is 2. The Morgan fingerprint density at radius 3 is 1.63 bits per heavy atom. The Balaban J connectivity index is 5.23. The van der Waals surface area contributed by atoms with Crippen molar-refractivity contribution in [2.75, 3.05) is 37.9 Å². The molecule has 17 heteroatoms. The van der Waals surface area contributed by atoms with Crippen LogP contribution in [0.5, 0.6) is 0 Å². The van der Waals surface area contributed by atoms with E-state index < -0.39 is 70.7 Å². The van der Waals surface area contributed by atoms with Crippen LogP contribution in [0, 0.1) is 35.0 Å². The molecule has 0 aliphatic heterocycles. The number of carboxylic acid groups (broad SMARTS) is 2. The smallest absolute Gasteiger partial charge is 0.311 e. The van der Waals surface area contributed by atoms with E-state index >= 15 is 0 Å². The molecule has 0 radical (unpaired) electrons. The number of rotatable bonds is 22. The molecule has 0 aromatic carbocycles. The van der Waals surface area contributed by atoms with Gasteiger partial charge in [0, 0.05) is 23.3 Å². The van der Waals surface area contributed by atoms with Crippen molar-refractivity contribution in [2.45, 2.75) is 46.5 Å². The van der Waals surface area contributed by atoms with Crippen LogP contribution in [0.4, 0.5) is 0 Å². The number of aliphatic hydroxyl groups is 2. The van der Waals surface area contributed by atoms with E-state index in [9.17, 15) is 39.0 Å². The van der Waals surface area contributed by atoms with Crippen molar-refractivity contribution in [3.05, 3.63) is 0 Å². The number of amides is 2. The number of aliphatic hydroxyl groups excluding tert-OH is 2. The summed E-state index contributed by atoms with van der Waals surface area (Å²) < 4.78 is 10.0. The Labute approximate surface area is 264 Å². The third kappa shape index (κ3) is 16.3. The summed E-state index contributed by atoms with van der Waals surface area (Å²) in [5.74, 6) is -10.2. The number of hydrogen-bond acceptors (Lipinski definition) is 13. The maximum absolute atomic E-state index is 12.3. The second-order valence-electron chi connectivity index (χ2n) is 10.6. The fourth-order valence-electron chi connectivity index (χ4n) is 4.01. The first kappa shape index (κ1) is 40.5. The van der Waals surface area contributed by atoms with E-state index in [4.69, 9.17) is 43.4 Å². The molecule has 0 spiro atoms. The van der Waals surface area contributed by atoms with Gasteiger partial charge in [0.2, 0.25) is 11.8 Å². The number of nitrogens with two attached hydrogens (primary N) is 2. The highest BCUT2D eigenvalue weighted by Gasteiger charge is 2.37. The number of hydrogen-bond donors (Lipinski definition) is 6. The second-order valence-corrected chi connectivity index (χ2v) is 13.8. The second kappa shape index (κ2) is 20.5. The van der Waals surface area contributed by atoms with E-state index in [0.29, 0.717) is 0 Å². The SMILES string of the molecule is CC(CC(CC(CSC(=S)SCC(CC(CC(C)(C)C(=O)OCCO)C(=O)O)C(N)=O)C(N)=O)C(=O)O)C(=O)OCCO. The molecule has 0 saturated heterocycles. The van der Waals surface area contributed by atoms with E-state index in [1.54, 1.807) is 0 Å². The number of ether oxygens (including phenoxy) is 2. The van der Waals surface area contributed by atoms with E-state index in [-0.39, 0.29) is 67.1 Å². The molecule has 0 heterocycles. The van der Waals surface area contributed by atoms with Crippen LogP contribution in [0.1, 0.15) is 46.5 Å². The maximum atomic E-state index is 12.3. The minimum atomic E-state index is -1.23. The fraction of sp³-hybridized carbons (Fsp3) is 0.731. The average molecular weight is 671 g/mol. The number of thiocarbonyl (C=S) groups is 1. The highest BCUT2D eigenvalue weighted by Crippen LogP contribution is 2.33. The zero-order valence-corrected chi connectivity index (χ0v) is 26.8. The third-order valence-electron chi connectivity index (χ3n) is 6.46. The molecule has 246 valence electrons. The van der Waals surface area contributed by atoms with E-state index in [1.807, 2.05) is 0 Å². The predicted molar refractivity (Wildman–Crippen MR) is 163 cm³/mol. The van der Waals surface area contributed by atoms with E-state index in [2.05, 4.69) is 0 Å². The first-order valence-corrected chi connectivity index (χ1v) is 15.7. The Hall–Kier alpha value is -2.47. The Bertz CT molecular complexity index is 994. The largest absolute Gasteiger partial charge is 0.481 e. The van der Waals surface area contributed by atoms with Gasteiger partial charge in [-0.2, -0.15) is 0 Å². The quantitative estimate of drug-likeness (QED) is 0.0682. The molecule has 2 amide bonds. The third-order valence-corrected chi connectivity index (χ3v) is 9.48. The number of aliphatic carboxylic acids is 2. The summed E-state index contributed by atoms with van der Waals surface area (Å²) in [6.07, 6.45) is -0.606. The molecular weight excluding hydrogens is 628 g/mol. The zero-order valence-electron chi connectivity index (χ0n) is 24.4. The molecule has 14 nitrogen and oxygen atoms in total. The van der Waals surface area contributed by atoms with Gasteiger partial charge in [-0.05, 0) is 39.5 Å². The molecule has 0 fully saturated rings. The van der Waals surface area contributed by atoms with Crippen LogP contribution in [-0.4, -0.2) is 97.6 Å². The van der Waals surface area contributed by atoms with Crippen LogP contribution < -0.4 is 11.5 Å². The molecule has 0 aliphatic rings. The summed E-state index contributed by atoms with van der Waals surface area (Å²) in [6, 6.07) is 0. The van der Waals surface area contributed by atoms with E-state index in [1.165, 1.54) is 20.8 Å². The lowest BCUT2D eigenvalue weighted by molar-refractivity contribution is -0.157. The number of carbonyl (C=O) groups excluding carboxylic acids is 4. The highest BCUT2D eigenvalue weighted by atomic mass is 32.2. The average Bonchev–Trinajstić information content (AvgIpc) is 2.92. The van der Waals surface area contributed by atoms with Crippen LogP contribution in [0.25, 0.3) is 0 Å². The van der Waals surface area contributed by atoms with Gasteiger partial charge in [0.1, 0.15) is 16.7 Å². The van der Waals surface area contributed by atoms with Crippen LogP contribution in [0.15, 0.2) is 0 Å². The van der Waals surface area contributed by atoms with Gasteiger partial charge in [-0.3, -0.25) is 28.8 Å². The minimum absolute atomic E-state index is 0.0206. The minimum Gasteiger partial charge on any atom is -0.481 e. The lowest BCUT2D eigenvalue weighted by Crippen LogP contribution is -2.35. The van der Waals surface area contributed by atoms with Crippen molar-refractivity contribution < 1.29 is 58.7 Å². The van der Waals surface area contributed by atoms with E-state index in [0.717, 1.165) is 23.5 Å². The molecule has 0 saturated carbocycles. The Morgan fingerprint density at radius 1 is 0.767 bits per heavy atom. The number of esters is 2. The van der Waals surface area contributed by atoms with Crippen LogP contribution in [-0.2, 0) is 38.2 Å². The first-order chi connectivity index (χ1) is 20.0. The molecule has 0 aromatic rings. The van der Waals surface area contributed by atoms with Gasteiger partial charge in [-0.15, -0.1) is 23.5 Å². The van der Waals surface area contributed by atoms with Crippen molar-refractivity contribution in [1.29, 1.82) is 0 Å². The summed E-state index contributed by atoms with van der Waals surface area (Å²) in [7, 11) is 0. The normalized spacial score (nSPS) is 14.9. The molecule has 0 aliphatic carbocycles. The predicted octanol–water partition coefficient (Wildman–Crippen LogP) is 0.636. The first-order valence-electron chi connectivity index (χ1n) is 13.4. The van der Waals surface area contributed by atoms with Crippen LogP contribution in [0.2, 0.25) is 0 Å². The molecule has 0 rings (SSSR count). The van der Waals surface area contributed by atoms with Crippen molar-refractivity contribution in [1.82, 2.24) is 0 Å². The monoisotopic (exact) mass is 670 g/mol. The van der Waals surface area contributed by atoms with Gasteiger partial charge < -0.3 is 41.4 Å². The molecule has 43 heavy (non-hydrogen) atoms. The van der Waals surface area contributed by atoms with Gasteiger partial charge in [0.15, 0.2) is 0 Å². The summed E-state index contributed by atoms with van der Waals surface area (Å²) in [4.78, 5) is 72.2. The van der Waals surface area contributed by atoms with Gasteiger partial charge in [0.25, 0.3) is 0 Å². The maximum Gasteiger partial charge on any atom is 0.311 e. The van der Waals surface area contributed by atoms with Crippen LogP contribution in [0.3, 0.4) is 0 Å². The van der Waals surface area contributed by atoms with Gasteiger partial charge in [-0.25, -0.2) is 0 Å². The summed E-state index contributed by atoms with van der Waals surface area (Å²) >= 11 is 7.40. The number of carboxylic acids is 2.